The number of hydrogen-bond donors (Lipinski definition) is 2. The van der Waals surface area contributed by atoms with Crippen LogP contribution < -0.4 is 0 Å². The number of likely N-dealkylation sites (tertiary alicyclic amines) is 1. The number of nitro benzene ring substituents is 1. The SMILES string of the molecule is Cc1ccc(C(O)=C2C(=O)C(=O)N(CC(=O)O)[C@@H]2c2ccc([N+](=O)[O-])cc2)cc1. The molecular weight excluding hydrogens is 380 g/mol. The smallest absolute Gasteiger partial charge is 0.323 e. The zero-order valence-electron chi connectivity index (χ0n) is 15.2. The molecule has 1 saturated heterocycles. The molecule has 0 aliphatic carbocycles. The van der Waals surface area contributed by atoms with Gasteiger partial charge in [0.15, 0.2) is 0 Å². The topological polar surface area (TPSA) is 138 Å². The van der Waals surface area contributed by atoms with E-state index in [1.54, 1.807) is 24.3 Å². The predicted molar refractivity (Wildman–Crippen MR) is 101 cm³/mol. The van der Waals surface area contributed by atoms with Crippen LogP contribution >= 0.6 is 0 Å². The van der Waals surface area contributed by atoms with Crippen molar-refractivity contribution in [3.63, 3.8) is 0 Å². The summed E-state index contributed by atoms with van der Waals surface area (Å²) in [5.74, 6) is -3.87. The summed E-state index contributed by atoms with van der Waals surface area (Å²) in [4.78, 5) is 47.4. The summed E-state index contributed by atoms with van der Waals surface area (Å²) >= 11 is 0. The van der Waals surface area contributed by atoms with Crippen LogP contribution in [-0.2, 0) is 14.4 Å². The van der Waals surface area contributed by atoms with Gasteiger partial charge in [-0.25, -0.2) is 0 Å². The molecule has 9 nitrogen and oxygen atoms in total. The quantitative estimate of drug-likeness (QED) is 0.260. The van der Waals surface area contributed by atoms with Gasteiger partial charge in [0.25, 0.3) is 17.4 Å². The lowest BCUT2D eigenvalue weighted by Crippen LogP contribution is -2.34. The highest BCUT2D eigenvalue weighted by atomic mass is 16.6. The molecule has 0 radical (unpaired) electrons. The Balaban J connectivity index is 2.18. The second kappa shape index (κ2) is 7.55. The molecule has 0 spiro atoms. The number of carboxylic acids is 1. The minimum Gasteiger partial charge on any atom is -0.507 e. The van der Waals surface area contributed by atoms with E-state index in [1.165, 1.54) is 24.3 Å². The molecule has 1 heterocycles. The summed E-state index contributed by atoms with van der Waals surface area (Å²) in [6.07, 6.45) is 0. The maximum atomic E-state index is 12.6. The molecule has 9 heteroatoms. The fourth-order valence-corrected chi connectivity index (χ4v) is 3.18. The summed E-state index contributed by atoms with van der Waals surface area (Å²) in [5, 5.41) is 30.8. The molecule has 1 amide bonds. The van der Waals surface area contributed by atoms with Gasteiger partial charge < -0.3 is 15.1 Å². The summed E-state index contributed by atoms with van der Waals surface area (Å²) in [7, 11) is 0. The van der Waals surface area contributed by atoms with Crippen molar-refractivity contribution in [1.29, 1.82) is 0 Å². The summed E-state index contributed by atoms with van der Waals surface area (Å²) in [6.45, 7) is 1.07. The molecule has 1 fully saturated rings. The number of nitrogens with zero attached hydrogens (tertiary/aromatic N) is 2. The number of carbonyl (C=O) groups is 3. The Morgan fingerprint density at radius 2 is 1.66 bits per heavy atom. The number of carboxylic acid groups (broad SMARTS) is 1. The van der Waals surface area contributed by atoms with Gasteiger partial charge in [-0.3, -0.25) is 24.5 Å². The van der Waals surface area contributed by atoms with E-state index < -0.39 is 40.9 Å². The van der Waals surface area contributed by atoms with Crippen molar-refractivity contribution in [3.05, 3.63) is 80.9 Å². The number of rotatable bonds is 5. The summed E-state index contributed by atoms with van der Waals surface area (Å²) in [5.41, 5.74) is 0.997. The Hall–Kier alpha value is -4.01. The maximum absolute atomic E-state index is 12.6. The fourth-order valence-electron chi connectivity index (χ4n) is 3.18. The standard InChI is InChI=1S/C20H16N2O7/c1-11-2-4-13(5-3-11)18(25)16-17(12-6-8-14(9-7-12)22(28)29)21(10-15(23)24)20(27)19(16)26/h2-9,17,25H,10H2,1H3,(H,23,24)/t17-/m1/s1. The minimum atomic E-state index is -1.34. The van der Waals surface area contributed by atoms with Crippen LogP contribution in [0.4, 0.5) is 5.69 Å². The number of aliphatic hydroxyl groups excluding tert-OH is 1. The summed E-state index contributed by atoms with van der Waals surface area (Å²) < 4.78 is 0. The molecule has 0 bridgehead atoms. The van der Waals surface area contributed by atoms with Crippen LogP contribution in [0.3, 0.4) is 0 Å². The molecule has 29 heavy (non-hydrogen) atoms. The van der Waals surface area contributed by atoms with Crippen molar-refractivity contribution in [3.8, 4) is 0 Å². The van der Waals surface area contributed by atoms with Gasteiger partial charge in [-0.15, -0.1) is 0 Å². The van der Waals surface area contributed by atoms with E-state index in [0.29, 0.717) is 0 Å². The Morgan fingerprint density at radius 3 is 2.17 bits per heavy atom. The molecule has 0 aromatic heterocycles. The van der Waals surface area contributed by atoms with Gasteiger partial charge in [0.1, 0.15) is 12.3 Å². The highest BCUT2D eigenvalue weighted by molar-refractivity contribution is 6.46. The number of benzene rings is 2. The van der Waals surface area contributed by atoms with E-state index in [9.17, 15) is 29.6 Å². The predicted octanol–water partition coefficient (Wildman–Crippen LogP) is 2.41. The molecule has 3 rings (SSSR count). The molecule has 1 aliphatic heterocycles. The van der Waals surface area contributed by atoms with E-state index in [4.69, 9.17) is 5.11 Å². The first kappa shape index (κ1) is 19.7. The Labute approximate surface area is 164 Å². The number of nitro groups is 1. The second-order valence-corrected chi connectivity index (χ2v) is 6.54. The van der Waals surface area contributed by atoms with Gasteiger partial charge in [0, 0.05) is 17.7 Å². The van der Waals surface area contributed by atoms with Crippen molar-refractivity contribution in [2.24, 2.45) is 0 Å². The lowest BCUT2D eigenvalue weighted by molar-refractivity contribution is -0.384. The first-order valence-electron chi connectivity index (χ1n) is 8.52. The van der Waals surface area contributed by atoms with Crippen LogP contribution in [0.2, 0.25) is 0 Å². The van der Waals surface area contributed by atoms with Crippen molar-refractivity contribution >= 4 is 29.1 Å². The first-order chi connectivity index (χ1) is 13.7. The molecule has 2 aromatic rings. The first-order valence-corrected chi connectivity index (χ1v) is 8.52. The molecule has 2 N–H and O–H groups in total. The number of non-ortho nitro benzene ring substituents is 1. The number of carbonyl (C=O) groups excluding carboxylic acids is 2. The van der Waals surface area contributed by atoms with E-state index in [2.05, 4.69) is 0 Å². The van der Waals surface area contributed by atoms with Gasteiger partial charge in [-0.2, -0.15) is 0 Å². The average Bonchev–Trinajstić information content (AvgIpc) is 2.92. The van der Waals surface area contributed by atoms with Crippen LogP contribution in [0.15, 0.2) is 54.1 Å². The normalized spacial score (nSPS) is 18.1. The van der Waals surface area contributed by atoms with E-state index >= 15 is 0 Å². The minimum absolute atomic E-state index is 0.206. The fraction of sp³-hybridized carbons (Fsp3) is 0.150. The highest BCUT2D eigenvalue weighted by Crippen LogP contribution is 2.39. The van der Waals surface area contributed by atoms with Crippen LogP contribution in [0.1, 0.15) is 22.7 Å². The number of ketones is 1. The molecule has 0 saturated carbocycles. The van der Waals surface area contributed by atoms with E-state index in [0.717, 1.165) is 10.5 Å². The van der Waals surface area contributed by atoms with Crippen LogP contribution in [0.25, 0.3) is 5.76 Å². The number of aryl methyl sites for hydroxylation is 1. The van der Waals surface area contributed by atoms with Gasteiger partial charge in [0.2, 0.25) is 0 Å². The van der Waals surface area contributed by atoms with Gasteiger partial charge in [0.05, 0.1) is 16.5 Å². The lowest BCUT2D eigenvalue weighted by Gasteiger charge is -2.23. The van der Waals surface area contributed by atoms with Gasteiger partial charge in [-0.1, -0.05) is 29.8 Å². The number of aliphatic hydroxyl groups is 1. The molecular formula is C20H16N2O7. The van der Waals surface area contributed by atoms with Gasteiger partial charge in [-0.05, 0) is 24.6 Å². The van der Waals surface area contributed by atoms with Crippen LogP contribution in [0, 0.1) is 17.0 Å². The Morgan fingerprint density at radius 1 is 1.07 bits per heavy atom. The third kappa shape index (κ3) is 3.70. The monoisotopic (exact) mass is 396 g/mol. The lowest BCUT2D eigenvalue weighted by atomic mass is 9.95. The molecule has 2 aromatic carbocycles. The van der Waals surface area contributed by atoms with Crippen molar-refractivity contribution < 1.29 is 29.5 Å². The van der Waals surface area contributed by atoms with E-state index in [-0.39, 0.29) is 22.4 Å². The Bertz CT molecular complexity index is 1040. The van der Waals surface area contributed by atoms with Crippen molar-refractivity contribution in [1.82, 2.24) is 4.90 Å². The largest absolute Gasteiger partial charge is 0.507 e. The zero-order valence-corrected chi connectivity index (χ0v) is 15.2. The Kier molecular flexibility index (Phi) is 5.14. The van der Waals surface area contributed by atoms with Crippen molar-refractivity contribution in [2.45, 2.75) is 13.0 Å². The molecule has 148 valence electrons. The average molecular weight is 396 g/mol. The highest BCUT2D eigenvalue weighted by Gasteiger charge is 2.46. The van der Waals surface area contributed by atoms with Crippen molar-refractivity contribution in [2.75, 3.05) is 6.54 Å². The third-order valence-electron chi connectivity index (χ3n) is 4.59. The molecule has 1 atom stereocenters. The summed E-state index contributed by atoms with van der Waals surface area (Å²) in [6, 6.07) is 10.4. The van der Waals surface area contributed by atoms with Crippen LogP contribution in [-0.4, -0.2) is 44.2 Å². The zero-order chi connectivity index (χ0) is 21.3. The van der Waals surface area contributed by atoms with Gasteiger partial charge >= 0.3 is 5.97 Å². The number of amides is 1. The number of Topliss-reactive ketones (excluding diaryl/α,β-unsaturated/α-hetero) is 1. The molecule has 0 unspecified atom stereocenters. The number of aliphatic carboxylic acids is 1. The third-order valence-corrected chi connectivity index (χ3v) is 4.59. The maximum Gasteiger partial charge on any atom is 0.323 e. The number of hydrogen-bond acceptors (Lipinski definition) is 6. The second-order valence-electron chi connectivity index (χ2n) is 6.54. The molecule has 1 aliphatic rings. The van der Waals surface area contributed by atoms with E-state index in [1.807, 2.05) is 6.92 Å². The van der Waals surface area contributed by atoms with Crippen LogP contribution in [0.5, 0.6) is 0 Å².